The highest BCUT2D eigenvalue weighted by Crippen LogP contribution is 2.40. The first kappa shape index (κ1) is 14.7. The lowest BCUT2D eigenvalue weighted by atomic mass is 9.88. The van der Waals surface area contributed by atoms with Crippen molar-refractivity contribution in [2.75, 3.05) is 14.2 Å². The average Bonchev–Trinajstić information content (AvgIpc) is 2.15. The number of hydrogen-bond donors (Lipinski definition) is 2. The number of allylic oxidation sites excluding steroid dienone is 1. The first-order valence-electron chi connectivity index (χ1n) is 4.71. The number of hydrogen-bond acceptors (Lipinski definition) is 4. The summed E-state index contributed by atoms with van der Waals surface area (Å²) in [5.41, 5.74) is 3.62. The third-order valence-electron chi connectivity index (χ3n) is 2.39. The molecule has 1 rings (SSSR count). The van der Waals surface area contributed by atoms with Crippen LogP contribution < -0.4 is 5.73 Å². The molecular weight excluding hydrogens is 358 g/mol. The summed E-state index contributed by atoms with van der Waals surface area (Å²) in [5.74, 6) is -0.113. The standard InChI is InChI=1S/C10H13Br2NO4/c1-16-8-5(11)3-10(15,4-6(13)14)9(17-2)7(8)12/h3,9,15H,4H2,1-2H3,(H2,13,14)/t9-,10+/m0/s1. The normalized spacial score (nSPS) is 29.0. The Morgan fingerprint density at radius 1 is 1.59 bits per heavy atom. The van der Waals surface area contributed by atoms with Gasteiger partial charge in [-0.3, -0.25) is 4.79 Å². The maximum absolute atomic E-state index is 11.0. The minimum atomic E-state index is -1.50. The van der Waals surface area contributed by atoms with Gasteiger partial charge < -0.3 is 20.3 Å². The van der Waals surface area contributed by atoms with Crippen molar-refractivity contribution in [2.45, 2.75) is 18.1 Å². The monoisotopic (exact) mass is 369 g/mol. The summed E-state index contributed by atoms with van der Waals surface area (Å²) in [6.07, 6.45) is 0.466. The second-order valence-electron chi connectivity index (χ2n) is 3.62. The third-order valence-corrected chi connectivity index (χ3v) is 3.76. The molecule has 5 nitrogen and oxygen atoms in total. The number of primary amides is 1. The molecule has 17 heavy (non-hydrogen) atoms. The van der Waals surface area contributed by atoms with Gasteiger partial charge in [-0.05, 0) is 37.9 Å². The summed E-state index contributed by atoms with van der Waals surface area (Å²) in [6.45, 7) is 0. The maximum atomic E-state index is 11.0. The number of rotatable bonds is 4. The van der Waals surface area contributed by atoms with E-state index >= 15 is 0 Å². The Hall–Kier alpha value is -0.370. The van der Waals surface area contributed by atoms with Crippen LogP contribution in [0.1, 0.15) is 6.42 Å². The predicted molar refractivity (Wildman–Crippen MR) is 69.5 cm³/mol. The molecule has 1 aliphatic rings. The molecule has 0 saturated heterocycles. The van der Waals surface area contributed by atoms with Crippen LogP contribution >= 0.6 is 31.9 Å². The van der Waals surface area contributed by atoms with Gasteiger partial charge in [0.1, 0.15) is 17.5 Å². The van der Waals surface area contributed by atoms with Gasteiger partial charge in [0.15, 0.2) is 0 Å². The summed E-state index contributed by atoms with van der Waals surface area (Å²) < 4.78 is 11.4. The maximum Gasteiger partial charge on any atom is 0.220 e. The van der Waals surface area contributed by atoms with Crippen LogP contribution in [0.3, 0.4) is 0 Å². The van der Waals surface area contributed by atoms with E-state index in [4.69, 9.17) is 15.2 Å². The summed E-state index contributed by atoms with van der Waals surface area (Å²) in [4.78, 5) is 11.0. The van der Waals surface area contributed by atoms with E-state index in [0.717, 1.165) is 0 Å². The van der Waals surface area contributed by atoms with E-state index < -0.39 is 17.6 Å². The fourth-order valence-corrected chi connectivity index (χ4v) is 3.74. The molecule has 0 aliphatic heterocycles. The Balaban J connectivity index is 3.20. The highest BCUT2D eigenvalue weighted by molar-refractivity contribution is 9.12. The van der Waals surface area contributed by atoms with E-state index in [0.29, 0.717) is 14.7 Å². The number of carbonyl (C=O) groups is 1. The van der Waals surface area contributed by atoms with Crippen LogP contribution in [-0.2, 0) is 14.3 Å². The van der Waals surface area contributed by atoms with Crippen molar-refractivity contribution in [1.82, 2.24) is 0 Å². The fourth-order valence-electron chi connectivity index (χ4n) is 1.74. The second-order valence-corrected chi connectivity index (χ2v) is 5.33. The average molecular weight is 371 g/mol. The van der Waals surface area contributed by atoms with Crippen LogP contribution in [0.2, 0.25) is 0 Å². The Kier molecular flexibility index (Phi) is 4.77. The van der Waals surface area contributed by atoms with Gasteiger partial charge in [0.25, 0.3) is 0 Å². The molecule has 0 bridgehead atoms. The zero-order chi connectivity index (χ0) is 13.2. The van der Waals surface area contributed by atoms with Gasteiger partial charge in [-0.1, -0.05) is 0 Å². The SMILES string of the molecule is COC1=C(Br)[C@H](OC)[C@](O)(CC(N)=O)C=C1Br. The minimum Gasteiger partial charge on any atom is -0.495 e. The summed E-state index contributed by atoms with van der Waals surface area (Å²) in [7, 11) is 2.93. The first-order valence-corrected chi connectivity index (χ1v) is 6.30. The van der Waals surface area contributed by atoms with E-state index in [9.17, 15) is 9.90 Å². The molecule has 0 aromatic heterocycles. The fraction of sp³-hybridized carbons (Fsp3) is 0.500. The number of ether oxygens (including phenoxy) is 2. The number of aliphatic hydroxyl groups is 1. The molecule has 0 aromatic rings. The van der Waals surface area contributed by atoms with Crippen molar-refractivity contribution in [3.8, 4) is 0 Å². The van der Waals surface area contributed by atoms with Gasteiger partial charge in [0, 0.05) is 7.11 Å². The quantitative estimate of drug-likeness (QED) is 0.777. The van der Waals surface area contributed by atoms with E-state index in [-0.39, 0.29) is 6.42 Å². The Labute approximate surface area is 116 Å². The van der Waals surface area contributed by atoms with Crippen LogP contribution in [0.15, 0.2) is 20.8 Å². The number of halogens is 2. The Morgan fingerprint density at radius 3 is 2.59 bits per heavy atom. The minimum absolute atomic E-state index is 0.243. The molecule has 1 aliphatic carbocycles. The van der Waals surface area contributed by atoms with Crippen molar-refractivity contribution in [1.29, 1.82) is 0 Å². The van der Waals surface area contributed by atoms with Crippen molar-refractivity contribution >= 4 is 37.8 Å². The number of amides is 1. The molecule has 0 fully saturated rings. The molecule has 1 amide bonds. The lowest BCUT2D eigenvalue weighted by molar-refractivity contribution is -0.125. The molecule has 96 valence electrons. The lowest BCUT2D eigenvalue weighted by Gasteiger charge is -2.35. The molecule has 0 radical (unpaired) electrons. The van der Waals surface area contributed by atoms with E-state index in [1.807, 2.05) is 0 Å². The zero-order valence-corrected chi connectivity index (χ0v) is 12.5. The van der Waals surface area contributed by atoms with Crippen LogP contribution in [0.25, 0.3) is 0 Å². The molecule has 3 N–H and O–H groups in total. The molecular formula is C10H13Br2NO4. The lowest BCUT2D eigenvalue weighted by Crippen LogP contribution is -2.47. The smallest absolute Gasteiger partial charge is 0.220 e. The van der Waals surface area contributed by atoms with Crippen LogP contribution in [0.4, 0.5) is 0 Å². The predicted octanol–water partition coefficient (Wildman–Crippen LogP) is 1.15. The molecule has 0 aromatic carbocycles. The number of carbonyl (C=O) groups excluding carboxylic acids is 1. The van der Waals surface area contributed by atoms with Crippen LogP contribution in [0.5, 0.6) is 0 Å². The molecule has 0 spiro atoms. The Morgan fingerprint density at radius 2 is 2.18 bits per heavy atom. The zero-order valence-electron chi connectivity index (χ0n) is 9.37. The summed E-state index contributed by atoms with van der Waals surface area (Å²) >= 11 is 6.55. The van der Waals surface area contributed by atoms with Gasteiger partial charge in [-0.15, -0.1) is 0 Å². The van der Waals surface area contributed by atoms with Crippen molar-refractivity contribution in [2.24, 2.45) is 5.73 Å². The molecule has 0 heterocycles. The largest absolute Gasteiger partial charge is 0.495 e. The van der Waals surface area contributed by atoms with Gasteiger partial charge >= 0.3 is 0 Å². The highest BCUT2D eigenvalue weighted by Gasteiger charge is 2.43. The molecule has 0 unspecified atom stereocenters. The summed E-state index contributed by atoms with van der Waals surface area (Å²) in [5, 5.41) is 10.4. The first-order chi connectivity index (χ1) is 7.85. The van der Waals surface area contributed by atoms with Crippen LogP contribution in [-0.4, -0.2) is 36.9 Å². The van der Waals surface area contributed by atoms with Gasteiger partial charge in [0.05, 0.1) is 22.5 Å². The van der Waals surface area contributed by atoms with Crippen molar-refractivity contribution in [3.63, 3.8) is 0 Å². The molecule has 2 atom stereocenters. The number of nitrogens with two attached hydrogens (primary N) is 1. The Bertz CT molecular complexity index is 394. The van der Waals surface area contributed by atoms with E-state index in [1.54, 1.807) is 0 Å². The topological polar surface area (TPSA) is 81.8 Å². The highest BCUT2D eigenvalue weighted by atomic mass is 79.9. The molecule has 7 heteroatoms. The van der Waals surface area contributed by atoms with E-state index in [2.05, 4.69) is 31.9 Å². The molecule has 0 saturated carbocycles. The van der Waals surface area contributed by atoms with Crippen LogP contribution in [0, 0.1) is 0 Å². The van der Waals surface area contributed by atoms with Gasteiger partial charge in [0.2, 0.25) is 5.91 Å². The second kappa shape index (κ2) is 5.51. The van der Waals surface area contributed by atoms with Crippen molar-refractivity contribution < 1.29 is 19.4 Å². The van der Waals surface area contributed by atoms with Gasteiger partial charge in [-0.25, -0.2) is 0 Å². The van der Waals surface area contributed by atoms with Gasteiger partial charge in [-0.2, -0.15) is 0 Å². The third kappa shape index (κ3) is 2.90. The van der Waals surface area contributed by atoms with Crippen molar-refractivity contribution in [3.05, 3.63) is 20.8 Å². The number of methoxy groups -OCH3 is 2. The summed E-state index contributed by atoms with van der Waals surface area (Å²) in [6, 6.07) is 0. The van der Waals surface area contributed by atoms with E-state index in [1.165, 1.54) is 20.3 Å².